The topological polar surface area (TPSA) is 20.2 Å². The van der Waals surface area contributed by atoms with Gasteiger partial charge in [-0.25, -0.2) is 4.39 Å². The molecule has 1 aromatic carbocycles. The van der Waals surface area contributed by atoms with Crippen LogP contribution in [0.3, 0.4) is 0 Å². The molecule has 0 heterocycles. The highest BCUT2D eigenvalue weighted by Gasteiger charge is 2.45. The molecule has 2 rings (SSSR count). The summed E-state index contributed by atoms with van der Waals surface area (Å²) in [5.41, 5.74) is 0.359. The average Bonchev–Trinajstić information content (AvgIpc) is 2.90. The van der Waals surface area contributed by atoms with Crippen LogP contribution >= 0.6 is 15.9 Å². The van der Waals surface area contributed by atoms with Crippen LogP contribution in [0, 0.1) is 5.82 Å². The van der Waals surface area contributed by atoms with Crippen LogP contribution in [-0.4, -0.2) is 11.7 Å². The van der Waals surface area contributed by atoms with Gasteiger partial charge in [0.1, 0.15) is 5.82 Å². The molecule has 0 saturated heterocycles. The quantitative estimate of drug-likeness (QED) is 0.849. The molecule has 1 nitrogen and oxygen atoms in total. The Morgan fingerprint density at radius 3 is 2.69 bits per heavy atom. The summed E-state index contributed by atoms with van der Waals surface area (Å²) in [6, 6.07) is 5.23. The molecule has 3 heteroatoms. The highest BCUT2D eigenvalue weighted by Crippen LogP contribution is 2.49. The fourth-order valence-electron chi connectivity index (χ4n) is 1.58. The van der Waals surface area contributed by atoms with Gasteiger partial charge in [-0.3, -0.25) is 0 Å². The Morgan fingerprint density at radius 2 is 2.15 bits per heavy atom. The molecule has 0 spiro atoms. The van der Waals surface area contributed by atoms with Crippen LogP contribution in [0.15, 0.2) is 22.7 Å². The minimum absolute atomic E-state index is 0.0420. The number of halogens is 2. The lowest BCUT2D eigenvalue weighted by Gasteiger charge is -2.13. The van der Waals surface area contributed by atoms with E-state index in [4.69, 9.17) is 5.11 Å². The SMILES string of the molecule is OCC1(c2cccc(Br)c2F)CC1. The van der Waals surface area contributed by atoms with Crippen LogP contribution in [0.5, 0.6) is 0 Å². The van der Waals surface area contributed by atoms with Gasteiger partial charge in [-0.2, -0.15) is 0 Å². The first-order valence-corrected chi connectivity index (χ1v) is 5.04. The van der Waals surface area contributed by atoms with Crippen LogP contribution in [0.25, 0.3) is 0 Å². The maximum atomic E-state index is 13.6. The molecule has 1 aromatic rings. The Morgan fingerprint density at radius 1 is 1.46 bits per heavy atom. The summed E-state index contributed by atoms with van der Waals surface area (Å²) in [5.74, 6) is -0.228. The normalized spacial score (nSPS) is 18.7. The maximum absolute atomic E-state index is 13.6. The third-order valence-electron chi connectivity index (χ3n) is 2.68. The highest BCUT2D eigenvalue weighted by atomic mass is 79.9. The third kappa shape index (κ3) is 1.40. The first-order valence-electron chi connectivity index (χ1n) is 4.25. The van der Waals surface area contributed by atoms with Gasteiger partial charge in [-0.05, 0) is 40.4 Å². The van der Waals surface area contributed by atoms with Crippen molar-refractivity contribution in [3.05, 3.63) is 34.1 Å². The van der Waals surface area contributed by atoms with Gasteiger partial charge in [0.2, 0.25) is 0 Å². The van der Waals surface area contributed by atoms with Gasteiger partial charge in [0.15, 0.2) is 0 Å². The molecule has 0 aliphatic heterocycles. The Labute approximate surface area is 84.7 Å². The minimum Gasteiger partial charge on any atom is -0.395 e. The van der Waals surface area contributed by atoms with Crippen molar-refractivity contribution in [3.63, 3.8) is 0 Å². The van der Waals surface area contributed by atoms with E-state index in [1.165, 1.54) is 0 Å². The van der Waals surface area contributed by atoms with E-state index in [9.17, 15) is 4.39 Å². The molecule has 13 heavy (non-hydrogen) atoms. The van der Waals surface area contributed by atoms with Crippen LogP contribution in [0.1, 0.15) is 18.4 Å². The summed E-state index contributed by atoms with van der Waals surface area (Å²) in [4.78, 5) is 0. The van der Waals surface area contributed by atoms with Gasteiger partial charge in [-0.1, -0.05) is 12.1 Å². The zero-order chi connectivity index (χ0) is 9.47. The molecule has 1 fully saturated rings. The van der Waals surface area contributed by atoms with Crippen LogP contribution < -0.4 is 0 Å². The number of benzene rings is 1. The molecule has 0 unspecified atom stereocenters. The van der Waals surface area contributed by atoms with Crippen molar-refractivity contribution in [1.82, 2.24) is 0 Å². The van der Waals surface area contributed by atoms with Crippen molar-refractivity contribution >= 4 is 15.9 Å². The molecule has 0 aromatic heterocycles. The highest BCUT2D eigenvalue weighted by molar-refractivity contribution is 9.10. The lowest BCUT2D eigenvalue weighted by atomic mass is 9.97. The van der Waals surface area contributed by atoms with E-state index in [2.05, 4.69) is 15.9 Å². The van der Waals surface area contributed by atoms with E-state index < -0.39 is 0 Å². The van der Waals surface area contributed by atoms with Gasteiger partial charge < -0.3 is 5.11 Å². The smallest absolute Gasteiger partial charge is 0.141 e. The number of aliphatic hydroxyl groups excluding tert-OH is 1. The first-order chi connectivity index (χ1) is 6.19. The van der Waals surface area contributed by atoms with Crippen molar-refractivity contribution < 1.29 is 9.50 Å². The number of aliphatic hydroxyl groups is 1. The van der Waals surface area contributed by atoms with Crippen LogP contribution in [-0.2, 0) is 5.41 Å². The first kappa shape index (κ1) is 9.16. The van der Waals surface area contributed by atoms with E-state index in [0.29, 0.717) is 10.0 Å². The standard InChI is InChI=1S/C10H10BrFO/c11-8-3-1-2-7(9(8)12)10(6-13)4-5-10/h1-3,13H,4-6H2. The predicted molar refractivity (Wildman–Crippen MR) is 52.1 cm³/mol. The number of hydrogen-bond donors (Lipinski definition) is 1. The van der Waals surface area contributed by atoms with Gasteiger partial charge in [0.25, 0.3) is 0 Å². The van der Waals surface area contributed by atoms with E-state index >= 15 is 0 Å². The van der Waals surface area contributed by atoms with E-state index in [1.807, 2.05) is 0 Å². The van der Waals surface area contributed by atoms with Crippen molar-refractivity contribution in [2.45, 2.75) is 18.3 Å². The molecule has 0 radical (unpaired) electrons. The monoisotopic (exact) mass is 244 g/mol. The molecule has 0 bridgehead atoms. The summed E-state index contributed by atoms with van der Waals surface area (Å²) >= 11 is 3.14. The van der Waals surface area contributed by atoms with E-state index in [1.54, 1.807) is 18.2 Å². The molecule has 1 aliphatic carbocycles. The lowest BCUT2D eigenvalue weighted by Crippen LogP contribution is -2.14. The van der Waals surface area contributed by atoms with E-state index in [0.717, 1.165) is 12.8 Å². The summed E-state index contributed by atoms with van der Waals surface area (Å²) in [6.07, 6.45) is 1.77. The molecular weight excluding hydrogens is 235 g/mol. The number of rotatable bonds is 2. The van der Waals surface area contributed by atoms with Crippen LogP contribution in [0.2, 0.25) is 0 Å². The average molecular weight is 245 g/mol. The number of hydrogen-bond acceptors (Lipinski definition) is 1. The lowest BCUT2D eigenvalue weighted by molar-refractivity contribution is 0.252. The molecule has 0 atom stereocenters. The molecular formula is C10H10BrFO. The second-order valence-electron chi connectivity index (χ2n) is 3.54. The van der Waals surface area contributed by atoms with Crippen molar-refractivity contribution in [1.29, 1.82) is 0 Å². The maximum Gasteiger partial charge on any atom is 0.141 e. The second-order valence-corrected chi connectivity index (χ2v) is 4.39. The van der Waals surface area contributed by atoms with Gasteiger partial charge in [-0.15, -0.1) is 0 Å². The molecule has 70 valence electrons. The zero-order valence-corrected chi connectivity index (χ0v) is 8.64. The Hall–Kier alpha value is -0.410. The fourth-order valence-corrected chi connectivity index (χ4v) is 1.94. The summed E-state index contributed by atoms with van der Waals surface area (Å²) in [7, 11) is 0. The zero-order valence-electron chi connectivity index (χ0n) is 7.06. The van der Waals surface area contributed by atoms with E-state index in [-0.39, 0.29) is 17.8 Å². The van der Waals surface area contributed by atoms with Gasteiger partial charge in [0, 0.05) is 5.41 Å². The minimum atomic E-state index is -0.284. The Kier molecular flexibility index (Phi) is 2.16. The fraction of sp³-hybridized carbons (Fsp3) is 0.400. The largest absolute Gasteiger partial charge is 0.395 e. The Bertz CT molecular complexity index is 334. The molecule has 1 saturated carbocycles. The van der Waals surface area contributed by atoms with Gasteiger partial charge in [0.05, 0.1) is 11.1 Å². The Balaban J connectivity index is 2.46. The molecule has 1 N–H and O–H groups in total. The van der Waals surface area contributed by atoms with Crippen molar-refractivity contribution in [2.75, 3.05) is 6.61 Å². The second kappa shape index (κ2) is 3.07. The molecule has 0 amide bonds. The van der Waals surface area contributed by atoms with Crippen molar-refractivity contribution in [3.8, 4) is 0 Å². The summed E-state index contributed by atoms with van der Waals surface area (Å²) in [5, 5.41) is 9.14. The predicted octanol–water partition coefficient (Wildman–Crippen LogP) is 2.61. The third-order valence-corrected chi connectivity index (χ3v) is 3.29. The molecule has 1 aliphatic rings. The van der Waals surface area contributed by atoms with Crippen LogP contribution in [0.4, 0.5) is 4.39 Å². The van der Waals surface area contributed by atoms with Gasteiger partial charge >= 0.3 is 0 Å². The summed E-state index contributed by atoms with van der Waals surface area (Å²) in [6.45, 7) is 0.0420. The van der Waals surface area contributed by atoms with Crippen molar-refractivity contribution in [2.24, 2.45) is 0 Å². The summed E-state index contributed by atoms with van der Waals surface area (Å²) < 4.78 is 14.0.